The lowest BCUT2D eigenvalue weighted by molar-refractivity contribution is -0.117. The number of carbonyl (C=O) groups excluding carboxylic acids is 1. The summed E-state index contributed by atoms with van der Waals surface area (Å²) in [5, 5.41) is 11.7. The first kappa shape index (κ1) is 14.8. The number of nitrogens with one attached hydrogen (secondary N) is 1. The number of likely N-dealkylation sites (tertiary alicyclic amines) is 1. The molecule has 1 rings (SSSR count). The summed E-state index contributed by atoms with van der Waals surface area (Å²) in [5.74, 6) is 0.204. The van der Waals surface area contributed by atoms with E-state index >= 15 is 0 Å². The van der Waals surface area contributed by atoms with E-state index in [2.05, 4.69) is 17.1 Å². The number of piperidine rings is 1. The second-order valence-corrected chi connectivity index (χ2v) is 4.91. The van der Waals surface area contributed by atoms with Crippen molar-refractivity contribution in [2.24, 2.45) is 0 Å². The van der Waals surface area contributed by atoms with E-state index in [1.54, 1.807) is 6.20 Å². The molecular formula is C13H20ClN3O. The van der Waals surface area contributed by atoms with Gasteiger partial charge in [-0.15, -0.1) is 11.6 Å². The summed E-state index contributed by atoms with van der Waals surface area (Å²) >= 11 is 5.53. The zero-order valence-corrected chi connectivity index (χ0v) is 11.5. The Morgan fingerprint density at radius 3 is 3.00 bits per heavy atom. The van der Waals surface area contributed by atoms with E-state index in [1.165, 1.54) is 6.42 Å². The number of carbonyl (C=O) groups is 1. The molecular weight excluding hydrogens is 250 g/mol. The zero-order valence-electron chi connectivity index (χ0n) is 10.8. The standard InChI is InChI=1S/C13H20ClN3O/c1-11-5-2-3-8-17(11)10-12(9-15)13(18)16-7-4-6-14/h10-11H,2-8H2,1H3,(H,16,18)/b12-10-. The number of amides is 1. The number of nitriles is 1. The molecule has 0 aromatic heterocycles. The minimum Gasteiger partial charge on any atom is -0.373 e. The van der Waals surface area contributed by atoms with E-state index in [9.17, 15) is 4.79 Å². The fourth-order valence-electron chi connectivity index (χ4n) is 1.98. The first-order chi connectivity index (χ1) is 8.69. The van der Waals surface area contributed by atoms with Gasteiger partial charge in [-0.2, -0.15) is 5.26 Å². The van der Waals surface area contributed by atoms with Crippen molar-refractivity contribution in [2.45, 2.75) is 38.6 Å². The maximum atomic E-state index is 11.8. The largest absolute Gasteiger partial charge is 0.373 e. The minimum absolute atomic E-state index is 0.179. The zero-order chi connectivity index (χ0) is 13.4. The fraction of sp³-hybridized carbons (Fsp3) is 0.692. The summed E-state index contributed by atoms with van der Waals surface area (Å²) in [6.07, 6.45) is 5.86. The minimum atomic E-state index is -0.305. The first-order valence-corrected chi connectivity index (χ1v) is 6.94. The van der Waals surface area contributed by atoms with Gasteiger partial charge in [0.05, 0.1) is 0 Å². The number of hydrogen-bond acceptors (Lipinski definition) is 3. The van der Waals surface area contributed by atoms with Crippen LogP contribution < -0.4 is 5.32 Å². The van der Waals surface area contributed by atoms with Crippen molar-refractivity contribution in [1.82, 2.24) is 10.2 Å². The topological polar surface area (TPSA) is 56.1 Å². The first-order valence-electron chi connectivity index (χ1n) is 6.41. The third kappa shape index (κ3) is 4.58. The lowest BCUT2D eigenvalue weighted by Crippen LogP contribution is -2.35. The summed E-state index contributed by atoms with van der Waals surface area (Å²) in [7, 11) is 0. The molecule has 0 aliphatic carbocycles. The molecule has 100 valence electrons. The van der Waals surface area contributed by atoms with Crippen molar-refractivity contribution >= 4 is 17.5 Å². The van der Waals surface area contributed by atoms with Gasteiger partial charge in [-0.05, 0) is 32.6 Å². The van der Waals surface area contributed by atoms with Crippen molar-refractivity contribution in [3.05, 3.63) is 11.8 Å². The van der Waals surface area contributed by atoms with Crippen LogP contribution >= 0.6 is 11.6 Å². The molecule has 1 aliphatic heterocycles. The Kier molecular flexibility index (Phi) is 6.59. The van der Waals surface area contributed by atoms with E-state index in [-0.39, 0.29) is 11.5 Å². The Morgan fingerprint density at radius 1 is 1.61 bits per heavy atom. The Morgan fingerprint density at radius 2 is 2.39 bits per heavy atom. The van der Waals surface area contributed by atoms with Crippen LogP contribution in [0.25, 0.3) is 0 Å². The van der Waals surface area contributed by atoms with Gasteiger partial charge in [-0.3, -0.25) is 4.79 Å². The van der Waals surface area contributed by atoms with E-state index in [0.717, 1.165) is 19.4 Å². The quantitative estimate of drug-likeness (QED) is 0.360. The average Bonchev–Trinajstić information content (AvgIpc) is 2.38. The van der Waals surface area contributed by atoms with Crippen molar-refractivity contribution in [3.8, 4) is 6.07 Å². The van der Waals surface area contributed by atoms with Crippen LogP contribution in [0.5, 0.6) is 0 Å². The molecule has 0 aromatic rings. The van der Waals surface area contributed by atoms with Gasteiger partial charge in [0.1, 0.15) is 11.6 Å². The predicted molar refractivity (Wildman–Crippen MR) is 72.1 cm³/mol. The molecule has 1 atom stereocenters. The van der Waals surface area contributed by atoms with Crippen molar-refractivity contribution in [3.63, 3.8) is 0 Å². The second kappa shape index (κ2) is 7.99. The van der Waals surface area contributed by atoms with Gasteiger partial charge in [0.15, 0.2) is 0 Å². The molecule has 5 heteroatoms. The predicted octanol–water partition coefficient (Wildman–Crippen LogP) is 2.01. The van der Waals surface area contributed by atoms with E-state index < -0.39 is 0 Å². The third-order valence-electron chi connectivity index (χ3n) is 3.11. The lowest BCUT2D eigenvalue weighted by atomic mass is 10.0. The highest BCUT2D eigenvalue weighted by molar-refractivity contribution is 6.17. The molecule has 0 saturated carbocycles. The monoisotopic (exact) mass is 269 g/mol. The van der Waals surface area contributed by atoms with Crippen LogP contribution in [0.1, 0.15) is 32.6 Å². The number of nitrogens with zero attached hydrogens (tertiary/aromatic N) is 2. The van der Waals surface area contributed by atoms with Gasteiger partial charge in [0, 0.05) is 31.2 Å². The van der Waals surface area contributed by atoms with Crippen LogP contribution in [0.4, 0.5) is 0 Å². The van der Waals surface area contributed by atoms with E-state index in [1.807, 2.05) is 6.07 Å². The Bertz CT molecular complexity index is 349. The molecule has 1 amide bonds. The summed E-state index contributed by atoms with van der Waals surface area (Å²) in [6.45, 7) is 3.55. The van der Waals surface area contributed by atoms with Gasteiger partial charge in [0.25, 0.3) is 5.91 Å². The highest BCUT2D eigenvalue weighted by Crippen LogP contribution is 2.17. The third-order valence-corrected chi connectivity index (χ3v) is 3.38. The smallest absolute Gasteiger partial charge is 0.263 e. The van der Waals surface area contributed by atoms with Gasteiger partial charge in [0.2, 0.25) is 0 Å². The molecule has 1 fully saturated rings. The average molecular weight is 270 g/mol. The van der Waals surface area contributed by atoms with Gasteiger partial charge in [-0.25, -0.2) is 0 Å². The number of rotatable bonds is 5. The van der Waals surface area contributed by atoms with Crippen molar-refractivity contribution < 1.29 is 4.79 Å². The summed E-state index contributed by atoms with van der Waals surface area (Å²) < 4.78 is 0. The molecule has 4 nitrogen and oxygen atoms in total. The van der Waals surface area contributed by atoms with Gasteiger partial charge >= 0.3 is 0 Å². The van der Waals surface area contributed by atoms with Gasteiger partial charge < -0.3 is 10.2 Å². The lowest BCUT2D eigenvalue weighted by Gasteiger charge is -2.32. The highest BCUT2D eigenvalue weighted by Gasteiger charge is 2.17. The Hall–Kier alpha value is -1.21. The molecule has 1 saturated heterocycles. The molecule has 1 unspecified atom stereocenters. The van der Waals surface area contributed by atoms with Crippen LogP contribution in [0.15, 0.2) is 11.8 Å². The van der Waals surface area contributed by atoms with Crippen LogP contribution in [0, 0.1) is 11.3 Å². The van der Waals surface area contributed by atoms with Crippen LogP contribution in [-0.2, 0) is 4.79 Å². The summed E-state index contributed by atoms with van der Waals surface area (Å²) in [5.41, 5.74) is 0.179. The summed E-state index contributed by atoms with van der Waals surface area (Å²) in [4.78, 5) is 13.8. The van der Waals surface area contributed by atoms with Crippen LogP contribution in [-0.4, -0.2) is 35.8 Å². The molecule has 1 aliphatic rings. The maximum absolute atomic E-state index is 11.8. The number of halogens is 1. The number of hydrogen-bond donors (Lipinski definition) is 1. The van der Waals surface area contributed by atoms with E-state index in [4.69, 9.17) is 16.9 Å². The summed E-state index contributed by atoms with van der Waals surface area (Å²) in [6, 6.07) is 2.37. The van der Waals surface area contributed by atoms with E-state index in [0.29, 0.717) is 24.9 Å². The molecule has 0 aromatic carbocycles. The fourth-order valence-corrected chi connectivity index (χ4v) is 2.11. The van der Waals surface area contributed by atoms with Crippen molar-refractivity contribution in [1.29, 1.82) is 5.26 Å². The number of alkyl halides is 1. The van der Waals surface area contributed by atoms with Crippen LogP contribution in [0.2, 0.25) is 0 Å². The Balaban J connectivity index is 2.58. The molecule has 1 N–H and O–H groups in total. The van der Waals surface area contributed by atoms with Crippen LogP contribution in [0.3, 0.4) is 0 Å². The molecule has 0 radical (unpaired) electrons. The highest BCUT2D eigenvalue weighted by atomic mass is 35.5. The molecule has 0 bridgehead atoms. The van der Waals surface area contributed by atoms with Gasteiger partial charge in [-0.1, -0.05) is 0 Å². The maximum Gasteiger partial charge on any atom is 0.263 e. The molecule has 18 heavy (non-hydrogen) atoms. The normalized spacial score (nSPS) is 20.4. The second-order valence-electron chi connectivity index (χ2n) is 4.54. The molecule has 1 heterocycles. The Labute approximate surface area is 114 Å². The SMILES string of the molecule is CC1CCCCN1/C=C(/C#N)C(=O)NCCCCl. The van der Waals surface area contributed by atoms with Crippen molar-refractivity contribution in [2.75, 3.05) is 19.0 Å². The molecule has 0 spiro atoms.